The monoisotopic (exact) mass is 302 g/mol. The van der Waals surface area contributed by atoms with Crippen LogP contribution >= 0.6 is 23.2 Å². The van der Waals surface area contributed by atoms with E-state index in [0.717, 1.165) is 56.9 Å². The molecule has 1 aliphatic rings. The Bertz CT molecular complexity index is 435. The largest absolute Gasteiger partial charge is 0.356 e. The predicted molar refractivity (Wildman–Crippen MR) is 80.4 cm³/mol. The van der Waals surface area contributed by atoms with Gasteiger partial charge in [0, 0.05) is 18.7 Å². The van der Waals surface area contributed by atoms with E-state index >= 15 is 0 Å². The highest BCUT2D eigenvalue weighted by Gasteiger charge is 2.24. The van der Waals surface area contributed by atoms with Gasteiger partial charge in [-0.25, -0.2) is 9.97 Å². The van der Waals surface area contributed by atoms with E-state index in [4.69, 9.17) is 23.2 Å². The SMILES string of the molecule is CCN(CC)CCCN1CCc2c(Cl)nc(Cl)nc21. The molecule has 4 nitrogen and oxygen atoms in total. The maximum atomic E-state index is 6.10. The molecule has 0 spiro atoms. The lowest BCUT2D eigenvalue weighted by Crippen LogP contribution is -2.29. The van der Waals surface area contributed by atoms with Gasteiger partial charge >= 0.3 is 0 Å². The molecule has 2 heterocycles. The fourth-order valence-corrected chi connectivity index (χ4v) is 2.96. The summed E-state index contributed by atoms with van der Waals surface area (Å²) in [6.45, 7) is 9.67. The first-order chi connectivity index (χ1) is 9.15. The summed E-state index contributed by atoms with van der Waals surface area (Å²) in [5, 5.41) is 0.737. The summed E-state index contributed by atoms with van der Waals surface area (Å²) in [5.74, 6) is 0.921. The number of anilines is 1. The molecular formula is C13H20Cl2N4. The summed E-state index contributed by atoms with van der Waals surface area (Å²) >= 11 is 12.0. The highest BCUT2D eigenvalue weighted by atomic mass is 35.5. The second kappa shape index (κ2) is 6.73. The minimum atomic E-state index is 0.236. The Morgan fingerprint density at radius 3 is 2.63 bits per heavy atom. The molecule has 0 amide bonds. The van der Waals surface area contributed by atoms with Crippen LogP contribution in [0.25, 0.3) is 0 Å². The lowest BCUT2D eigenvalue weighted by Gasteiger charge is -2.22. The van der Waals surface area contributed by atoms with Crippen molar-refractivity contribution in [3.05, 3.63) is 16.0 Å². The van der Waals surface area contributed by atoms with Gasteiger partial charge in [0.1, 0.15) is 11.0 Å². The van der Waals surface area contributed by atoms with Crippen molar-refractivity contribution in [2.45, 2.75) is 26.7 Å². The molecule has 0 bridgehead atoms. The van der Waals surface area contributed by atoms with Crippen LogP contribution in [-0.4, -0.2) is 47.6 Å². The molecule has 0 radical (unpaired) electrons. The fourth-order valence-electron chi connectivity index (χ4n) is 2.49. The molecule has 0 aromatic carbocycles. The molecule has 0 fully saturated rings. The normalized spacial score (nSPS) is 14.3. The number of nitrogens with zero attached hydrogens (tertiary/aromatic N) is 4. The Hall–Kier alpha value is -0.580. The summed E-state index contributed by atoms with van der Waals surface area (Å²) in [6.07, 6.45) is 2.04. The van der Waals surface area contributed by atoms with Crippen LogP contribution in [0.2, 0.25) is 10.4 Å². The van der Waals surface area contributed by atoms with Gasteiger partial charge in [-0.15, -0.1) is 0 Å². The summed E-state index contributed by atoms with van der Waals surface area (Å²) in [7, 11) is 0. The van der Waals surface area contributed by atoms with Gasteiger partial charge in [0.25, 0.3) is 0 Å². The smallest absolute Gasteiger partial charge is 0.225 e. The first kappa shape index (κ1) is 14.8. The fraction of sp³-hybridized carbons (Fsp3) is 0.692. The van der Waals surface area contributed by atoms with Gasteiger partial charge < -0.3 is 9.80 Å². The van der Waals surface area contributed by atoms with E-state index in [1.807, 2.05) is 0 Å². The molecule has 1 aliphatic heterocycles. The van der Waals surface area contributed by atoms with Gasteiger partial charge in [0.15, 0.2) is 0 Å². The topological polar surface area (TPSA) is 32.3 Å². The molecule has 0 N–H and O–H groups in total. The lowest BCUT2D eigenvalue weighted by atomic mass is 10.3. The van der Waals surface area contributed by atoms with Crippen LogP contribution in [0.5, 0.6) is 0 Å². The number of rotatable bonds is 6. The van der Waals surface area contributed by atoms with Crippen molar-refractivity contribution in [2.24, 2.45) is 0 Å². The van der Waals surface area contributed by atoms with Gasteiger partial charge in [0.05, 0.1) is 0 Å². The highest BCUT2D eigenvalue weighted by Crippen LogP contribution is 2.31. The van der Waals surface area contributed by atoms with E-state index in [-0.39, 0.29) is 5.28 Å². The summed E-state index contributed by atoms with van der Waals surface area (Å²) in [6, 6.07) is 0. The summed E-state index contributed by atoms with van der Waals surface area (Å²) in [5.41, 5.74) is 1.04. The van der Waals surface area contributed by atoms with Crippen molar-refractivity contribution >= 4 is 29.0 Å². The van der Waals surface area contributed by atoms with Crippen LogP contribution in [0.15, 0.2) is 0 Å². The van der Waals surface area contributed by atoms with Gasteiger partial charge in [-0.05, 0) is 44.1 Å². The van der Waals surface area contributed by atoms with Crippen LogP contribution < -0.4 is 4.90 Å². The minimum absolute atomic E-state index is 0.236. The molecule has 6 heteroatoms. The second-order valence-electron chi connectivity index (χ2n) is 4.70. The molecule has 0 atom stereocenters. The third-order valence-electron chi connectivity index (χ3n) is 3.64. The second-order valence-corrected chi connectivity index (χ2v) is 5.40. The van der Waals surface area contributed by atoms with Gasteiger partial charge in [0.2, 0.25) is 5.28 Å². The predicted octanol–water partition coefficient (Wildman–Crippen LogP) is 2.88. The van der Waals surface area contributed by atoms with E-state index in [1.165, 1.54) is 0 Å². The van der Waals surface area contributed by atoms with Crippen molar-refractivity contribution in [3.8, 4) is 0 Å². The van der Waals surface area contributed by atoms with E-state index in [2.05, 4.69) is 33.6 Å². The van der Waals surface area contributed by atoms with E-state index in [0.29, 0.717) is 5.15 Å². The number of halogens is 2. The maximum Gasteiger partial charge on any atom is 0.225 e. The van der Waals surface area contributed by atoms with E-state index < -0.39 is 0 Å². The Morgan fingerprint density at radius 1 is 1.21 bits per heavy atom. The standard InChI is InChI=1S/C13H20Cl2N4/c1-3-18(4-2)7-5-8-19-9-6-10-11(14)16-13(15)17-12(10)19/h3-9H2,1-2H3. The van der Waals surface area contributed by atoms with Crippen molar-refractivity contribution in [1.29, 1.82) is 0 Å². The number of hydrogen-bond donors (Lipinski definition) is 0. The molecule has 0 saturated heterocycles. The molecule has 19 heavy (non-hydrogen) atoms. The minimum Gasteiger partial charge on any atom is -0.356 e. The lowest BCUT2D eigenvalue weighted by molar-refractivity contribution is 0.301. The molecule has 106 valence electrons. The zero-order valence-corrected chi connectivity index (χ0v) is 13.0. The van der Waals surface area contributed by atoms with Crippen molar-refractivity contribution in [2.75, 3.05) is 37.6 Å². The molecule has 1 aromatic heterocycles. The van der Waals surface area contributed by atoms with E-state index in [1.54, 1.807) is 0 Å². The first-order valence-electron chi connectivity index (χ1n) is 6.84. The Morgan fingerprint density at radius 2 is 1.95 bits per heavy atom. The molecule has 1 aromatic rings. The van der Waals surface area contributed by atoms with Crippen LogP contribution in [0.1, 0.15) is 25.8 Å². The van der Waals surface area contributed by atoms with Crippen molar-refractivity contribution in [1.82, 2.24) is 14.9 Å². The average Bonchev–Trinajstić information content (AvgIpc) is 2.78. The van der Waals surface area contributed by atoms with Crippen LogP contribution in [-0.2, 0) is 6.42 Å². The number of aromatic nitrogens is 2. The summed E-state index contributed by atoms with van der Waals surface area (Å²) in [4.78, 5) is 13.0. The van der Waals surface area contributed by atoms with Crippen LogP contribution in [0.4, 0.5) is 5.82 Å². The summed E-state index contributed by atoms with van der Waals surface area (Å²) < 4.78 is 0. The van der Waals surface area contributed by atoms with Crippen LogP contribution in [0.3, 0.4) is 0 Å². The zero-order chi connectivity index (χ0) is 13.8. The molecule has 0 aliphatic carbocycles. The quantitative estimate of drug-likeness (QED) is 0.597. The molecule has 0 saturated carbocycles. The third-order valence-corrected chi connectivity index (χ3v) is 4.12. The van der Waals surface area contributed by atoms with Gasteiger partial charge in [-0.3, -0.25) is 0 Å². The molecular weight excluding hydrogens is 283 g/mol. The number of fused-ring (bicyclic) bond motifs is 1. The highest BCUT2D eigenvalue weighted by molar-refractivity contribution is 6.32. The van der Waals surface area contributed by atoms with E-state index in [9.17, 15) is 0 Å². The van der Waals surface area contributed by atoms with Crippen LogP contribution in [0, 0.1) is 0 Å². The first-order valence-corrected chi connectivity index (χ1v) is 7.60. The Balaban J connectivity index is 1.95. The maximum absolute atomic E-state index is 6.10. The van der Waals surface area contributed by atoms with Crippen molar-refractivity contribution in [3.63, 3.8) is 0 Å². The third kappa shape index (κ3) is 3.50. The molecule has 2 rings (SSSR count). The Kier molecular flexibility index (Phi) is 5.25. The van der Waals surface area contributed by atoms with Crippen molar-refractivity contribution < 1.29 is 0 Å². The zero-order valence-electron chi connectivity index (χ0n) is 11.5. The van der Waals surface area contributed by atoms with Gasteiger partial charge in [-0.2, -0.15) is 0 Å². The number of hydrogen-bond acceptors (Lipinski definition) is 4. The average molecular weight is 303 g/mol. The van der Waals surface area contributed by atoms with Gasteiger partial charge in [-0.1, -0.05) is 25.4 Å². The Labute approximate surface area is 124 Å². The molecule has 0 unspecified atom stereocenters.